The van der Waals surface area contributed by atoms with E-state index in [9.17, 15) is 4.39 Å². The van der Waals surface area contributed by atoms with Crippen LogP contribution in [0.25, 0.3) is 0 Å². The Morgan fingerprint density at radius 2 is 1.96 bits per heavy atom. The van der Waals surface area contributed by atoms with Crippen molar-refractivity contribution in [3.05, 3.63) is 54.0 Å². The molecule has 0 spiro atoms. The van der Waals surface area contributed by atoms with Crippen LogP contribution in [0.3, 0.4) is 0 Å². The van der Waals surface area contributed by atoms with Gasteiger partial charge in [-0.2, -0.15) is 0 Å². The maximum absolute atomic E-state index is 12.9. The molecule has 5 nitrogen and oxygen atoms in total. The highest BCUT2D eigenvalue weighted by molar-refractivity contribution is 14.0. The molecule has 2 N–H and O–H groups in total. The predicted octanol–water partition coefficient (Wildman–Crippen LogP) is 4.48. The van der Waals surface area contributed by atoms with E-state index >= 15 is 0 Å². The Morgan fingerprint density at radius 3 is 2.62 bits per heavy atom. The lowest BCUT2D eigenvalue weighted by Gasteiger charge is -2.16. The molecule has 1 heterocycles. The topological polar surface area (TPSA) is 58.5 Å². The third-order valence-electron chi connectivity index (χ3n) is 3.59. The van der Waals surface area contributed by atoms with Crippen molar-refractivity contribution in [2.45, 2.75) is 39.8 Å². The molecule has 1 aromatic carbocycles. The highest BCUT2D eigenvalue weighted by Gasteiger charge is 2.04. The Bertz CT molecular complexity index is 694. The number of hydrogen-bond acceptors (Lipinski definition) is 3. The normalized spacial score (nSPS) is 12.1. The number of rotatable bonds is 7. The number of benzene rings is 1. The Kier molecular flexibility index (Phi) is 9.93. The number of hydrogen-bond donors (Lipinski definition) is 2. The van der Waals surface area contributed by atoms with E-state index in [1.54, 1.807) is 18.3 Å². The first-order valence-corrected chi connectivity index (χ1v) is 8.54. The van der Waals surface area contributed by atoms with Gasteiger partial charge in [-0.1, -0.05) is 6.92 Å². The van der Waals surface area contributed by atoms with Crippen molar-refractivity contribution in [1.82, 2.24) is 15.6 Å². The molecular weight excluding hydrogens is 446 g/mol. The monoisotopic (exact) mass is 472 g/mol. The van der Waals surface area contributed by atoms with Crippen LogP contribution in [0.4, 0.5) is 4.39 Å². The van der Waals surface area contributed by atoms with Crippen molar-refractivity contribution in [1.29, 1.82) is 0 Å². The van der Waals surface area contributed by atoms with E-state index in [2.05, 4.69) is 34.5 Å². The summed E-state index contributed by atoms with van der Waals surface area (Å²) < 4.78 is 18.6. The largest absolute Gasteiger partial charge is 0.439 e. The van der Waals surface area contributed by atoms with Crippen molar-refractivity contribution in [2.75, 3.05) is 6.54 Å². The summed E-state index contributed by atoms with van der Waals surface area (Å²) in [5.41, 5.74) is 0.980. The zero-order chi connectivity index (χ0) is 18.1. The summed E-state index contributed by atoms with van der Waals surface area (Å²) in [7, 11) is 0. The summed E-state index contributed by atoms with van der Waals surface area (Å²) in [5, 5.41) is 6.59. The van der Waals surface area contributed by atoms with Gasteiger partial charge in [-0.3, -0.25) is 0 Å². The number of nitrogens with zero attached hydrogens (tertiary/aromatic N) is 2. The Morgan fingerprint density at radius 1 is 1.23 bits per heavy atom. The van der Waals surface area contributed by atoms with Gasteiger partial charge in [0, 0.05) is 24.8 Å². The SMILES string of the molecule is CCNC(=NCc1ccnc(Oc2ccc(F)cc2)c1)NC(C)CC.I. The van der Waals surface area contributed by atoms with Crippen molar-refractivity contribution in [3.8, 4) is 11.6 Å². The molecule has 0 radical (unpaired) electrons. The Balaban J connectivity index is 0.00000338. The van der Waals surface area contributed by atoms with Gasteiger partial charge in [-0.15, -0.1) is 24.0 Å². The lowest BCUT2D eigenvalue weighted by atomic mass is 10.2. The van der Waals surface area contributed by atoms with E-state index < -0.39 is 0 Å². The smallest absolute Gasteiger partial charge is 0.219 e. The maximum atomic E-state index is 12.9. The first-order chi connectivity index (χ1) is 12.1. The Hall–Kier alpha value is -1.90. The Labute approximate surface area is 171 Å². The van der Waals surface area contributed by atoms with Crippen LogP contribution in [0.5, 0.6) is 11.6 Å². The molecule has 1 unspecified atom stereocenters. The average Bonchev–Trinajstić information content (AvgIpc) is 2.62. The predicted molar refractivity (Wildman–Crippen MR) is 114 cm³/mol. The molecule has 2 aromatic rings. The number of aromatic nitrogens is 1. The fourth-order valence-corrected chi connectivity index (χ4v) is 2.05. The van der Waals surface area contributed by atoms with Gasteiger partial charge in [-0.25, -0.2) is 14.4 Å². The third kappa shape index (κ3) is 7.55. The molecule has 0 aliphatic rings. The summed E-state index contributed by atoms with van der Waals surface area (Å²) in [6.45, 7) is 7.59. The van der Waals surface area contributed by atoms with E-state index in [0.29, 0.717) is 24.2 Å². The van der Waals surface area contributed by atoms with Crippen LogP contribution in [-0.2, 0) is 6.54 Å². The van der Waals surface area contributed by atoms with Crippen LogP contribution in [-0.4, -0.2) is 23.5 Å². The molecular formula is C19H26FIN4O. The second-order valence-electron chi connectivity index (χ2n) is 5.71. The van der Waals surface area contributed by atoms with Gasteiger partial charge in [0.25, 0.3) is 0 Å². The summed E-state index contributed by atoms with van der Waals surface area (Å²) in [6.07, 6.45) is 2.70. The second-order valence-corrected chi connectivity index (χ2v) is 5.71. The molecule has 1 atom stereocenters. The molecule has 1 aromatic heterocycles. The molecule has 0 bridgehead atoms. The summed E-state index contributed by atoms with van der Waals surface area (Å²) in [4.78, 5) is 8.78. The van der Waals surface area contributed by atoms with Gasteiger partial charge >= 0.3 is 0 Å². The fourth-order valence-electron chi connectivity index (χ4n) is 2.05. The molecule has 142 valence electrons. The number of halogens is 2. The van der Waals surface area contributed by atoms with Gasteiger partial charge < -0.3 is 15.4 Å². The minimum absolute atomic E-state index is 0. The van der Waals surface area contributed by atoms with Crippen molar-refractivity contribution in [2.24, 2.45) is 4.99 Å². The lowest BCUT2D eigenvalue weighted by molar-refractivity contribution is 0.460. The van der Waals surface area contributed by atoms with Gasteiger partial charge in [0.05, 0.1) is 6.54 Å². The lowest BCUT2D eigenvalue weighted by Crippen LogP contribution is -2.41. The minimum atomic E-state index is -0.298. The molecule has 26 heavy (non-hydrogen) atoms. The maximum Gasteiger partial charge on any atom is 0.219 e. The number of aliphatic imine (C=N–C) groups is 1. The molecule has 0 amide bonds. The van der Waals surface area contributed by atoms with E-state index in [0.717, 1.165) is 24.5 Å². The quantitative estimate of drug-likeness (QED) is 0.355. The minimum Gasteiger partial charge on any atom is -0.439 e. The van der Waals surface area contributed by atoms with Crippen LogP contribution in [0.1, 0.15) is 32.8 Å². The summed E-state index contributed by atoms with van der Waals surface area (Å²) >= 11 is 0. The van der Waals surface area contributed by atoms with Crippen molar-refractivity contribution in [3.63, 3.8) is 0 Å². The van der Waals surface area contributed by atoms with Crippen molar-refractivity contribution < 1.29 is 9.13 Å². The van der Waals surface area contributed by atoms with Crippen LogP contribution in [0.2, 0.25) is 0 Å². The van der Waals surface area contributed by atoms with Gasteiger partial charge in [0.15, 0.2) is 5.96 Å². The van der Waals surface area contributed by atoms with E-state index in [4.69, 9.17) is 4.74 Å². The van der Waals surface area contributed by atoms with Crippen LogP contribution < -0.4 is 15.4 Å². The summed E-state index contributed by atoms with van der Waals surface area (Å²) in [5.74, 6) is 1.49. The number of guanidine groups is 1. The van der Waals surface area contributed by atoms with Gasteiger partial charge in [0.2, 0.25) is 5.88 Å². The van der Waals surface area contributed by atoms with E-state index in [1.807, 2.05) is 19.1 Å². The first-order valence-electron chi connectivity index (χ1n) is 8.54. The fraction of sp³-hybridized carbons (Fsp3) is 0.368. The van der Waals surface area contributed by atoms with Crippen LogP contribution in [0.15, 0.2) is 47.6 Å². The number of pyridine rings is 1. The van der Waals surface area contributed by atoms with E-state index in [-0.39, 0.29) is 29.8 Å². The molecule has 0 aliphatic carbocycles. The zero-order valence-electron chi connectivity index (χ0n) is 15.3. The van der Waals surface area contributed by atoms with Gasteiger partial charge in [-0.05, 0) is 56.2 Å². The van der Waals surface area contributed by atoms with Crippen LogP contribution in [0, 0.1) is 5.82 Å². The molecule has 2 rings (SSSR count). The molecule has 7 heteroatoms. The zero-order valence-corrected chi connectivity index (χ0v) is 17.7. The molecule has 0 saturated heterocycles. The molecule has 0 aliphatic heterocycles. The van der Waals surface area contributed by atoms with Gasteiger partial charge in [0.1, 0.15) is 11.6 Å². The van der Waals surface area contributed by atoms with E-state index in [1.165, 1.54) is 12.1 Å². The summed E-state index contributed by atoms with van der Waals surface area (Å²) in [6, 6.07) is 9.93. The number of nitrogens with one attached hydrogen (secondary N) is 2. The standard InChI is InChI=1S/C19H25FN4O.HI/c1-4-14(3)24-19(21-5-2)23-13-15-10-11-22-18(12-15)25-17-8-6-16(20)7-9-17;/h6-12,14H,4-5,13H2,1-3H3,(H2,21,23,24);1H. The van der Waals surface area contributed by atoms with Crippen molar-refractivity contribution >= 4 is 29.9 Å². The highest BCUT2D eigenvalue weighted by atomic mass is 127. The third-order valence-corrected chi connectivity index (χ3v) is 3.59. The first kappa shape index (κ1) is 22.1. The molecule has 0 fully saturated rings. The average molecular weight is 472 g/mol. The highest BCUT2D eigenvalue weighted by Crippen LogP contribution is 2.20. The second kappa shape index (κ2) is 11.7. The number of ether oxygens (including phenoxy) is 1. The van der Waals surface area contributed by atoms with Crippen LogP contribution >= 0.6 is 24.0 Å². The molecule has 0 saturated carbocycles.